The molecule has 0 aliphatic heterocycles. The molecule has 0 fully saturated rings. The van der Waals surface area contributed by atoms with Crippen LogP contribution in [0.4, 0.5) is 0 Å². The van der Waals surface area contributed by atoms with Crippen LogP contribution in [-0.2, 0) is 9.59 Å². The average Bonchev–Trinajstić information content (AvgIpc) is 1.87. The summed E-state index contributed by atoms with van der Waals surface area (Å²) in [6, 6.07) is 0. The summed E-state index contributed by atoms with van der Waals surface area (Å²) in [6.45, 7) is -0.232. The molecule has 0 spiro atoms. The summed E-state index contributed by atoms with van der Waals surface area (Å²) >= 11 is 3.53. The normalized spacial score (nSPS) is 12.2. The molecule has 58 valence electrons. The van der Waals surface area contributed by atoms with E-state index in [9.17, 15) is 9.59 Å². The molecule has 0 heterocycles. The fourth-order valence-electron chi connectivity index (χ4n) is 0.273. The molecule has 10 heavy (non-hydrogen) atoms. The van der Waals surface area contributed by atoms with Crippen molar-refractivity contribution in [1.29, 1.82) is 0 Å². The quantitative estimate of drug-likeness (QED) is 0.298. The molecule has 4 N–H and O–H groups in total. The lowest BCUT2D eigenvalue weighted by Gasteiger charge is -2.05. The number of hydrogen-bond acceptors (Lipinski definition) is 4. The second-order valence-electron chi connectivity index (χ2n) is 1.51. The molecule has 0 saturated carbocycles. The van der Waals surface area contributed by atoms with Gasteiger partial charge in [0.1, 0.15) is 0 Å². The monoisotopic (exact) mass is 164 g/mol. The van der Waals surface area contributed by atoms with Crippen LogP contribution in [0, 0.1) is 0 Å². The smallest absolute Gasteiger partial charge is 0.336 e. The van der Waals surface area contributed by atoms with Gasteiger partial charge in [0.2, 0.25) is 5.91 Å². The molecular weight excluding hydrogens is 156 g/mol. The van der Waals surface area contributed by atoms with Crippen LogP contribution < -0.4 is 11.1 Å². The Labute approximate surface area is 63.0 Å². The van der Waals surface area contributed by atoms with E-state index < -0.39 is 17.3 Å². The van der Waals surface area contributed by atoms with E-state index in [4.69, 9.17) is 10.8 Å². The van der Waals surface area contributed by atoms with E-state index in [2.05, 4.69) is 12.6 Å². The summed E-state index contributed by atoms with van der Waals surface area (Å²) in [5.41, 5.74) is 4.88. The van der Waals surface area contributed by atoms with Crippen LogP contribution in [0.15, 0.2) is 0 Å². The Morgan fingerprint density at radius 1 is 1.70 bits per heavy atom. The first-order valence-electron chi connectivity index (χ1n) is 2.48. The molecule has 6 heteroatoms. The van der Waals surface area contributed by atoms with Crippen LogP contribution in [0.5, 0.6) is 0 Å². The maximum Gasteiger partial charge on any atom is 0.336 e. The number of carboxylic acids is 1. The minimum Gasteiger partial charge on any atom is -0.479 e. The van der Waals surface area contributed by atoms with Crippen LogP contribution in [0.3, 0.4) is 0 Å². The fraction of sp³-hybridized carbons (Fsp3) is 0.500. The number of rotatable bonds is 3. The second kappa shape index (κ2) is 4.13. The number of carbonyl (C=O) groups is 2. The zero-order valence-electron chi connectivity index (χ0n) is 5.07. The van der Waals surface area contributed by atoms with Gasteiger partial charge in [0, 0.05) is 0 Å². The van der Waals surface area contributed by atoms with Crippen molar-refractivity contribution in [2.45, 2.75) is 5.37 Å². The number of nitrogens with two attached hydrogens (primary N) is 1. The van der Waals surface area contributed by atoms with Gasteiger partial charge in [0.15, 0.2) is 5.37 Å². The lowest BCUT2D eigenvalue weighted by atomic mass is 10.5. The van der Waals surface area contributed by atoms with Gasteiger partial charge < -0.3 is 16.2 Å². The summed E-state index contributed by atoms with van der Waals surface area (Å²) in [5, 5.41) is 9.05. The van der Waals surface area contributed by atoms with Gasteiger partial charge in [0.05, 0.1) is 6.54 Å². The third-order valence-electron chi connectivity index (χ3n) is 0.717. The number of aliphatic carboxylic acids is 1. The standard InChI is InChI=1S/C4H8N2O3S/c5-1-2(7)6-3(10)4(8)9/h3,10H,1,5H2,(H,6,7)(H,8,9). The molecule has 0 saturated heterocycles. The van der Waals surface area contributed by atoms with Crippen molar-refractivity contribution in [3.05, 3.63) is 0 Å². The van der Waals surface area contributed by atoms with E-state index in [1.54, 1.807) is 0 Å². The van der Waals surface area contributed by atoms with Crippen LogP contribution in [-0.4, -0.2) is 28.9 Å². The maximum absolute atomic E-state index is 10.4. The van der Waals surface area contributed by atoms with Gasteiger partial charge in [-0.2, -0.15) is 0 Å². The van der Waals surface area contributed by atoms with Crippen molar-refractivity contribution in [3.63, 3.8) is 0 Å². The summed E-state index contributed by atoms with van der Waals surface area (Å²) in [7, 11) is 0. The van der Waals surface area contributed by atoms with Gasteiger partial charge in [0.25, 0.3) is 0 Å². The first-order chi connectivity index (χ1) is 4.57. The predicted octanol–water partition coefficient (Wildman–Crippen LogP) is -1.60. The highest BCUT2D eigenvalue weighted by Gasteiger charge is 2.12. The maximum atomic E-state index is 10.4. The predicted molar refractivity (Wildman–Crippen MR) is 37.6 cm³/mol. The Bertz CT molecular complexity index is 149. The van der Waals surface area contributed by atoms with Crippen LogP contribution in [0.2, 0.25) is 0 Å². The molecule has 0 aromatic carbocycles. The van der Waals surface area contributed by atoms with E-state index in [0.717, 1.165) is 0 Å². The molecule has 1 unspecified atom stereocenters. The highest BCUT2D eigenvalue weighted by atomic mass is 32.1. The Morgan fingerprint density at radius 2 is 2.20 bits per heavy atom. The number of thiol groups is 1. The third kappa shape index (κ3) is 3.31. The molecular formula is C4H8N2O3S. The van der Waals surface area contributed by atoms with Gasteiger partial charge in [-0.05, 0) is 0 Å². The van der Waals surface area contributed by atoms with E-state index >= 15 is 0 Å². The Balaban J connectivity index is 3.68. The average molecular weight is 164 g/mol. The lowest BCUT2D eigenvalue weighted by Crippen LogP contribution is -2.40. The number of carboxylic acid groups (broad SMARTS) is 1. The SMILES string of the molecule is NCC(=O)NC(S)C(=O)O. The second-order valence-corrected chi connectivity index (χ2v) is 2.03. The van der Waals surface area contributed by atoms with Gasteiger partial charge in [-0.15, -0.1) is 12.6 Å². The van der Waals surface area contributed by atoms with Crippen molar-refractivity contribution < 1.29 is 14.7 Å². The Kier molecular flexibility index (Phi) is 3.82. The van der Waals surface area contributed by atoms with Crippen LogP contribution >= 0.6 is 12.6 Å². The van der Waals surface area contributed by atoms with Crippen molar-refractivity contribution in [1.82, 2.24) is 5.32 Å². The zero-order valence-corrected chi connectivity index (χ0v) is 5.97. The van der Waals surface area contributed by atoms with E-state index in [0.29, 0.717) is 0 Å². The van der Waals surface area contributed by atoms with Crippen LogP contribution in [0.1, 0.15) is 0 Å². The Hall–Kier alpha value is -0.750. The third-order valence-corrected chi connectivity index (χ3v) is 1.07. The number of nitrogens with one attached hydrogen (secondary N) is 1. The Morgan fingerprint density at radius 3 is 2.50 bits per heavy atom. The molecule has 0 aliphatic rings. The minimum atomic E-state index is -1.20. The fourth-order valence-corrected chi connectivity index (χ4v) is 0.417. The molecule has 0 aromatic heterocycles. The lowest BCUT2D eigenvalue weighted by molar-refractivity contribution is -0.138. The summed E-state index contributed by atoms with van der Waals surface area (Å²) in [4.78, 5) is 20.4. The highest BCUT2D eigenvalue weighted by Crippen LogP contribution is 1.87. The minimum absolute atomic E-state index is 0.232. The molecule has 0 rings (SSSR count). The van der Waals surface area contributed by atoms with E-state index in [1.165, 1.54) is 0 Å². The van der Waals surface area contributed by atoms with E-state index in [1.807, 2.05) is 5.32 Å². The van der Waals surface area contributed by atoms with Gasteiger partial charge in [-0.3, -0.25) is 4.79 Å². The topological polar surface area (TPSA) is 92.4 Å². The number of amides is 1. The molecule has 0 aliphatic carbocycles. The van der Waals surface area contributed by atoms with Gasteiger partial charge in [-0.25, -0.2) is 4.79 Å². The largest absolute Gasteiger partial charge is 0.479 e. The van der Waals surface area contributed by atoms with Crippen molar-refractivity contribution in [2.24, 2.45) is 5.73 Å². The van der Waals surface area contributed by atoms with Gasteiger partial charge in [-0.1, -0.05) is 0 Å². The summed E-state index contributed by atoms with van der Waals surface area (Å²) in [6.07, 6.45) is 0. The van der Waals surface area contributed by atoms with E-state index in [-0.39, 0.29) is 6.54 Å². The molecule has 5 nitrogen and oxygen atoms in total. The number of carbonyl (C=O) groups excluding carboxylic acids is 1. The summed E-state index contributed by atoms with van der Waals surface area (Å²) < 4.78 is 0. The van der Waals surface area contributed by atoms with Crippen molar-refractivity contribution in [3.8, 4) is 0 Å². The molecule has 0 aromatic rings. The molecule has 0 bridgehead atoms. The zero-order chi connectivity index (χ0) is 8.15. The number of hydrogen-bond donors (Lipinski definition) is 4. The van der Waals surface area contributed by atoms with Gasteiger partial charge >= 0.3 is 5.97 Å². The molecule has 0 radical (unpaired) electrons. The highest BCUT2D eigenvalue weighted by molar-refractivity contribution is 7.81. The summed E-state index contributed by atoms with van der Waals surface area (Å²) in [5.74, 6) is -1.74. The van der Waals surface area contributed by atoms with Crippen molar-refractivity contribution >= 4 is 24.5 Å². The molecule has 1 atom stereocenters. The first-order valence-corrected chi connectivity index (χ1v) is 3.00. The first kappa shape index (κ1) is 9.25. The van der Waals surface area contributed by atoms with Crippen molar-refractivity contribution in [2.75, 3.05) is 6.54 Å². The molecule has 1 amide bonds. The van der Waals surface area contributed by atoms with Crippen LogP contribution in [0.25, 0.3) is 0 Å².